The number of hydrogen-bond donors (Lipinski definition) is 3. The van der Waals surface area contributed by atoms with Crippen LogP contribution < -0.4 is 10.6 Å². The Morgan fingerprint density at radius 2 is 1.97 bits per heavy atom. The first-order valence-corrected chi connectivity index (χ1v) is 11.2. The van der Waals surface area contributed by atoms with Gasteiger partial charge in [-0.05, 0) is 60.2 Å². The molecule has 5 rings (SSSR count). The second-order valence-corrected chi connectivity index (χ2v) is 8.47. The topological polar surface area (TPSA) is 139 Å². The molecule has 4 aromatic rings. The lowest BCUT2D eigenvalue weighted by molar-refractivity contribution is 0.0695. The number of halogens is 1. The molecule has 0 spiro atoms. The summed E-state index contributed by atoms with van der Waals surface area (Å²) in [7, 11) is 0. The zero-order valence-electron chi connectivity index (χ0n) is 19.2. The maximum absolute atomic E-state index is 13.3. The molecule has 3 N–H and O–H groups in total. The van der Waals surface area contributed by atoms with Crippen LogP contribution in [0.3, 0.4) is 0 Å². The van der Waals surface area contributed by atoms with Crippen molar-refractivity contribution in [2.45, 2.75) is 32.4 Å². The zero-order valence-corrected chi connectivity index (χ0v) is 19.2. The summed E-state index contributed by atoms with van der Waals surface area (Å²) < 4.78 is 14.7. The molecule has 3 aromatic heterocycles. The molecule has 0 fully saturated rings. The number of fused-ring (bicyclic) bond motifs is 2. The van der Waals surface area contributed by atoms with Crippen molar-refractivity contribution in [1.82, 2.24) is 30.2 Å². The summed E-state index contributed by atoms with van der Waals surface area (Å²) in [6, 6.07) is 8.70. The van der Waals surface area contributed by atoms with Gasteiger partial charge in [0.25, 0.3) is 11.8 Å². The highest BCUT2D eigenvalue weighted by atomic mass is 19.1. The van der Waals surface area contributed by atoms with E-state index in [2.05, 4.69) is 25.7 Å². The van der Waals surface area contributed by atoms with Crippen molar-refractivity contribution >= 4 is 23.4 Å². The molecule has 0 unspecified atom stereocenters. The standard InChI is InChI=1S/C25H21FN6O4/c1-13-15-4-5-18(17(15)3-2-16(13)25(35)36)31-24(34)20-11-19(30-22-7-9-29-32(20)22)23(33)28-12-14-6-8-27-21(26)10-14/h2-3,6-11,18H,4-5,12H2,1H3,(H,28,33)(H,31,34)(H,35,36)/t18-/m0/s1. The van der Waals surface area contributed by atoms with Gasteiger partial charge in [0.15, 0.2) is 5.65 Å². The van der Waals surface area contributed by atoms with Gasteiger partial charge in [0.1, 0.15) is 11.4 Å². The number of benzene rings is 1. The van der Waals surface area contributed by atoms with E-state index in [0.717, 1.165) is 11.1 Å². The number of aromatic nitrogens is 4. The van der Waals surface area contributed by atoms with E-state index in [4.69, 9.17) is 0 Å². The first-order valence-electron chi connectivity index (χ1n) is 11.2. The van der Waals surface area contributed by atoms with Gasteiger partial charge in [-0.25, -0.2) is 19.3 Å². The molecule has 3 heterocycles. The van der Waals surface area contributed by atoms with Crippen molar-refractivity contribution in [3.8, 4) is 0 Å². The Kier molecular flexibility index (Phi) is 5.88. The average Bonchev–Trinajstić information content (AvgIpc) is 3.49. The van der Waals surface area contributed by atoms with Crippen molar-refractivity contribution < 1.29 is 23.9 Å². The lowest BCUT2D eigenvalue weighted by atomic mass is 9.98. The minimum Gasteiger partial charge on any atom is -0.478 e. The van der Waals surface area contributed by atoms with E-state index in [9.17, 15) is 23.9 Å². The molecule has 0 bridgehead atoms. The van der Waals surface area contributed by atoms with E-state index in [0.29, 0.717) is 29.6 Å². The second kappa shape index (κ2) is 9.17. The fraction of sp³-hybridized carbons (Fsp3) is 0.200. The monoisotopic (exact) mass is 488 g/mol. The minimum absolute atomic E-state index is 0.0106. The highest BCUT2D eigenvalue weighted by molar-refractivity contribution is 5.98. The predicted octanol–water partition coefficient (Wildman–Crippen LogP) is 2.62. The molecule has 1 aromatic carbocycles. The molecule has 0 radical (unpaired) electrons. The molecule has 1 aliphatic rings. The lowest BCUT2D eigenvalue weighted by Gasteiger charge is -2.16. The molecule has 1 atom stereocenters. The van der Waals surface area contributed by atoms with E-state index in [1.807, 2.05) is 0 Å². The van der Waals surface area contributed by atoms with E-state index in [1.54, 1.807) is 31.2 Å². The third-order valence-corrected chi connectivity index (χ3v) is 6.30. The second-order valence-electron chi connectivity index (χ2n) is 8.47. The third kappa shape index (κ3) is 4.26. The maximum atomic E-state index is 13.3. The smallest absolute Gasteiger partial charge is 0.335 e. The Hall–Kier alpha value is -4.67. The Balaban J connectivity index is 1.38. The number of nitrogens with zero attached hydrogens (tertiary/aromatic N) is 4. The van der Waals surface area contributed by atoms with Crippen LogP contribution in [0.1, 0.15) is 66.1 Å². The van der Waals surface area contributed by atoms with Crippen molar-refractivity contribution in [2.75, 3.05) is 0 Å². The van der Waals surface area contributed by atoms with Gasteiger partial charge in [0.2, 0.25) is 5.95 Å². The van der Waals surface area contributed by atoms with Crippen molar-refractivity contribution in [3.63, 3.8) is 0 Å². The number of carbonyl (C=O) groups excluding carboxylic acids is 2. The van der Waals surface area contributed by atoms with Crippen LogP contribution in [0, 0.1) is 12.9 Å². The molecular weight excluding hydrogens is 467 g/mol. The Morgan fingerprint density at radius 1 is 1.14 bits per heavy atom. The van der Waals surface area contributed by atoms with E-state index < -0.39 is 23.7 Å². The Labute approximate surface area is 204 Å². The largest absolute Gasteiger partial charge is 0.478 e. The number of aromatic carboxylic acids is 1. The fourth-order valence-corrected chi connectivity index (χ4v) is 4.51. The van der Waals surface area contributed by atoms with Gasteiger partial charge in [-0.15, -0.1) is 0 Å². The summed E-state index contributed by atoms with van der Waals surface area (Å²) in [5, 5.41) is 19.2. The maximum Gasteiger partial charge on any atom is 0.335 e. The number of carbonyl (C=O) groups is 3. The average molecular weight is 488 g/mol. The molecule has 10 nitrogen and oxygen atoms in total. The number of carboxylic acids is 1. The van der Waals surface area contributed by atoms with Crippen molar-refractivity contribution in [3.05, 3.63) is 93.9 Å². The summed E-state index contributed by atoms with van der Waals surface area (Å²) >= 11 is 0. The van der Waals surface area contributed by atoms with Gasteiger partial charge in [0, 0.05) is 24.9 Å². The van der Waals surface area contributed by atoms with Gasteiger partial charge < -0.3 is 15.7 Å². The van der Waals surface area contributed by atoms with Gasteiger partial charge >= 0.3 is 5.97 Å². The van der Waals surface area contributed by atoms with Crippen molar-refractivity contribution in [1.29, 1.82) is 0 Å². The number of amides is 2. The molecule has 0 saturated carbocycles. The van der Waals surface area contributed by atoms with Crippen LogP contribution in [0.2, 0.25) is 0 Å². The highest BCUT2D eigenvalue weighted by Gasteiger charge is 2.28. The van der Waals surface area contributed by atoms with E-state index in [-0.39, 0.29) is 29.5 Å². The molecule has 0 saturated heterocycles. The molecular formula is C25H21FN6O4. The molecule has 11 heteroatoms. The molecule has 0 aliphatic heterocycles. The number of rotatable bonds is 6. The SMILES string of the molecule is Cc1c(C(=O)O)ccc2c1CC[C@@H]2NC(=O)c1cc(C(=O)NCc2ccnc(F)c2)nc2ccnn12. The van der Waals surface area contributed by atoms with Crippen LogP contribution in [0.25, 0.3) is 5.65 Å². The van der Waals surface area contributed by atoms with Crippen LogP contribution >= 0.6 is 0 Å². The third-order valence-electron chi connectivity index (χ3n) is 6.30. The normalized spacial score (nSPS) is 14.4. The number of carboxylic acid groups (broad SMARTS) is 1. The predicted molar refractivity (Wildman–Crippen MR) is 125 cm³/mol. The van der Waals surface area contributed by atoms with Crippen LogP contribution in [0.15, 0.2) is 48.8 Å². The summed E-state index contributed by atoms with van der Waals surface area (Å²) in [6.45, 7) is 1.83. The molecule has 2 amide bonds. The molecule has 36 heavy (non-hydrogen) atoms. The van der Waals surface area contributed by atoms with E-state index in [1.165, 1.54) is 29.0 Å². The number of pyridine rings is 1. The van der Waals surface area contributed by atoms with Gasteiger partial charge in [-0.2, -0.15) is 9.49 Å². The highest BCUT2D eigenvalue weighted by Crippen LogP contribution is 2.34. The quantitative estimate of drug-likeness (QED) is 0.355. The first-order chi connectivity index (χ1) is 17.3. The lowest BCUT2D eigenvalue weighted by Crippen LogP contribution is -2.30. The summed E-state index contributed by atoms with van der Waals surface area (Å²) in [6.07, 6.45) is 4.04. The van der Waals surface area contributed by atoms with Crippen LogP contribution in [-0.4, -0.2) is 42.5 Å². The van der Waals surface area contributed by atoms with Gasteiger partial charge in [-0.1, -0.05) is 6.07 Å². The minimum atomic E-state index is -0.986. The number of hydrogen-bond acceptors (Lipinski definition) is 6. The Bertz CT molecular complexity index is 1530. The van der Waals surface area contributed by atoms with Crippen LogP contribution in [0.5, 0.6) is 0 Å². The number of nitrogens with one attached hydrogen (secondary N) is 2. The zero-order chi connectivity index (χ0) is 25.4. The fourth-order valence-electron chi connectivity index (χ4n) is 4.51. The molecule has 1 aliphatic carbocycles. The summed E-state index contributed by atoms with van der Waals surface area (Å²) in [5.41, 5.74) is 3.72. The molecule has 182 valence electrons. The van der Waals surface area contributed by atoms with Crippen molar-refractivity contribution in [2.24, 2.45) is 0 Å². The Morgan fingerprint density at radius 3 is 2.75 bits per heavy atom. The van der Waals surface area contributed by atoms with Gasteiger partial charge in [0.05, 0.1) is 17.8 Å². The van der Waals surface area contributed by atoms with Crippen LogP contribution in [0.4, 0.5) is 4.39 Å². The van der Waals surface area contributed by atoms with Gasteiger partial charge in [-0.3, -0.25) is 9.59 Å². The van der Waals surface area contributed by atoms with E-state index >= 15 is 0 Å². The van der Waals surface area contributed by atoms with Crippen LogP contribution in [-0.2, 0) is 13.0 Å². The first kappa shape index (κ1) is 23.1. The summed E-state index contributed by atoms with van der Waals surface area (Å²) in [5.74, 6) is -2.62. The summed E-state index contributed by atoms with van der Waals surface area (Å²) in [4.78, 5) is 45.3.